The van der Waals surface area contributed by atoms with Gasteiger partial charge in [-0.2, -0.15) is 0 Å². The molecule has 21 heavy (non-hydrogen) atoms. The molecule has 1 aliphatic heterocycles. The number of nitrogens with zero attached hydrogens (tertiary/aromatic N) is 1. The van der Waals surface area contributed by atoms with Gasteiger partial charge in [0.1, 0.15) is 11.7 Å². The molecule has 1 aromatic heterocycles. The molecule has 2 heterocycles. The third-order valence-electron chi connectivity index (χ3n) is 4.41. The third kappa shape index (κ3) is 2.43. The molecule has 5 N–H and O–H groups in total. The number of pyridine rings is 1. The number of ether oxygens (including phenoxy) is 2. The number of primary amides is 1. The van der Waals surface area contributed by atoms with Gasteiger partial charge in [0.05, 0.1) is 24.1 Å². The van der Waals surface area contributed by atoms with Crippen LogP contribution in [0.4, 0.5) is 10.5 Å². The summed E-state index contributed by atoms with van der Waals surface area (Å²) < 4.78 is 11.2. The molecule has 0 radical (unpaired) electrons. The molecule has 114 valence electrons. The molecule has 0 aromatic carbocycles. The summed E-state index contributed by atoms with van der Waals surface area (Å²) >= 11 is 0. The van der Waals surface area contributed by atoms with Crippen molar-refractivity contribution < 1.29 is 19.4 Å². The van der Waals surface area contributed by atoms with Gasteiger partial charge in [0.25, 0.3) is 0 Å². The first kappa shape index (κ1) is 14.1. The van der Waals surface area contributed by atoms with Crippen LogP contribution in [0.15, 0.2) is 18.5 Å². The van der Waals surface area contributed by atoms with E-state index in [1.54, 1.807) is 18.5 Å². The molecule has 4 atom stereocenters. The van der Waals surface area contributed by atoms with Crippen LogP contribution in [0.3, 0.4) is 0 Å². The Morgan fingerprint density at radius 1 is 1.57 bits per heavy atom. The lowest BCUT2D eigenvalue weighted by Gasteiger charge is -2.44. The monoisotopic (exact) mass is 293 g/mol. The standard InChI is InChI=1S/C14H19N3O4/c15-9-7-17-5-3-8(9)10-6-12(21-13(16)18)14(19)4-1-2-11(14)20-10/h3,5,7,10-12,19H,1-2,4,6,15H2,(H2,16,18)/t10-,11-,12-,14+/m1/s1. The maximum atomic E-state index is 11.1. The Hall–Kier alpha value is -1.86. The van der Waals surface area contributed by atoms with Crippen LogP contribution < -0.4 is 11.5 Å². The van der Waals surface area contributed by atoms with Gasteiger partial charge >= 0.3 is 6.09 Å². The predicted molar refractivity (Wildman–Crippen MR) is 74.1 cm³/mol. The summed E-state index contributed by atoms with van der Waals surface area (Å²) in [4.78, 5) is 15.1. The second kappa shape index (κ2) is 5.16. The number of carbonyl (C=O) groups is 1. The van der Waals surface area contributed by atoms with E-state index in [1.165, 1.54) is 0 Å². The van der Waals surface area contributed by atoms with Gasteiger partial charge in [-0.05, 0) is 25.3 Å². The van der Waals surface area contributed by atoms with Crippen LogP contribution >= 0.6 is 0 Å². The van der Waals surface area contributed by atoms with E-state index in [0.29, 0.717) is 18.5 Å². The molecule has 1 amide bonds. The number of fused-ring (bicyclic) bond motifs is 1. The molecule has 1 saturated heterocycles. The second-order valence-corrected chi connectivity index (χ2v) is 5.66. The normalized spacial score (nSPS) is 35.2. The van der Waals surface area contributed by atoms with Gasteiger partial charge in [0.2, 0.25) is 0 Å². The van der Waals surface area contributed by atoms with E-state index in [1.807, 2.05) is 0 Å². The van der Waals surface area contributed by atoms with Crippen molar-refractivity contribution in [2.45, 2.75) is 49.6 Å². The van der Waals surface area contributed by atoms with E-state index in [0.717, 1.165) is 18.4 Å². The van der Waals surface area contributed by atoms with E-state index in [4.69, 9.17) is 20.9 Å². The van der Waals surface area contributed by atoms with Gasteiger partial charge in [0.15, 0.2) is 0 Å². The second-order valence-electron chi connectivity index (χ2n) is 5.66. The Morgan fingerprint density at radius 3 is 3.10 bits per heavy atom. The van der Waals surface area contributed by atoms with Crippen LogP contribution in [-0.4, -0.2) is 34.0 Å². The number of anilines is 1. The van der Waals surface area contributed by atoms with E-state index in [9.17, 15) is 9.90 Å². The Kier molecular flexibility index (Phi) is 3.46. The fourth-order valence-electron chi connectivity index (χ4n) is 3.39. The number of hydrogen-bond acceptors (Lipinski definition) is 6. The molecular formula is C14H19N3O4. The molecule has 1 aromatic rings. The molecule has 2 fully saturated rings. The number of amides is 1. The summed E-state index contributed by atoms with van der Waals surface area (Å²) in [7, 11) is 0. The fraction of sp³-hybridized carbons (Fsp3) is 0.571. The molecule has 0 unspecified atom stereocenters. The Morgan fingerprint density at radius 2 is 2.38 bits per heavy atom. The smallest absolute Gasteiger partial charge is 0.404 e. The van der Waals surface area contributed by atoms with Crippen molar-refractivity contribution in [1.82, 2.24) is 4.98 Å². The predicted octanol–water partition coefficient (Wildman–Crippen LogP) is 0.873. The topological polar surface area (TPSA) is 121 Å². The van der Waals surface area contributed by atoms with Crippen LogP contribution in [0.25, 0.3) is 0 Å². The van der Waals surface area contributed by atoms with Crippen LogP contribution in [-0.2, 0) is 9.47 Å². The molecular weight excluding hydrogens is 274 g/mol. The zero-order valence-corrected chi connectivity index (χ0v) is 11.6. The maximum Gasteiger partial charge on any atom is 0.404 e. The number of rotatable bonds is 2. The highest BCUT2D eigenvalue weighted by atomic mass is 16.6. The first-order valence-electron chi connectivity index (χ1n) is 7.04. The molecule has 3 rings (SSSR count). The van der Waals surface area contributed by atoms with Gasteiger partial charge in [-0.15, -0.1) is 0 Å². The summed E-state index contributed by atoms with van der Waals surface area (Å²) in [6.45, 7) is 0. The van der Waals surface area contributed by atoms with Gasteiger partial charge in [-0.1, -0.05) is 0 Å². The Bertz CT molecular complexity index is 553. The fourth-order valence-corrected chi connectivity index (χ4v) is 3.39. The summed E-state index contributed by atoms with van der Waals surface area (Å²) in [6.07, 6.45) is 3.28. The highest BCUT2D eigenvalue weighted by Gasteiger charge is 2.55. The third-order valence-corrected chi connectivity index (χ3v) is 4.41. The van der Waals surface area contributed by atoms with Crippen LogP contribution in [0.2, 0.25) is 0 Å². The number of hydrogen-bond donors (Lipinski definition) is 3. The van der Waals surface area contributed by atoms with Gasteiger partial charge < -0.3 is 26.0 Å². The Labute approximate surface area is 122 Å². The zero-order valence-electron chi connectivity index (χ0n) is 11.6. The van der Waals surface area contributed by atoms with Crippen molar-refractivity contribution in [3.8, 4) is 0 Å². The van der Waals surface area contributed by atoms with Crippen molar-refractivity contribution in [2.75, 3.05) is 5.73 Å². The molecule has 0 spiro atoms. The minimum absolute atomic E-state index is 0.324. The van der Waals surface area contributed by atoms with E-state index in [-0.39, 0.29) is 12.2 Å². The first-order valence-corrected chi connectivity index (χ1v) is 7.04. The number of carbonyl (C=O) groups excluding carboxylic acids is 1. The summed E-state index contributed by atoms with van der Waals surface area (Å²) in [5.74, 6) is 0. The minimum atomic E-state index is -1.16. The van der Waals surface area contributed by atoms with Crippen molar-refractivity contribution in [1.29, 1.82) is 0 Å². The summed E-state index contributed by atoms with van der Waals surface area (Å²) in [5.41, 5.74) is 11.2. The molecule has 1 aliphatic carbocycles. The molecule has 0 bridgehead atoms. The summed E-state index contributed by atoms with van der Waals surface area (Å²) in [6, 6.07) is 1.78. The van der Waals surface area contributed by atoms with Crippen LogP contribution in [0.5, 0.6) is 0 Å². The quantitative estimate of drug-likeness (QED) is 0.744. The molecule has 7 heteroatoms. The minimum Gasteiger partial charge on any atom is -0.443 e. The van der Waals surface area contributed by atoms with Gasteiger partial charge in [-0.3, -0.25) is 4.98 Å². The highest BCUT2D eigenvalue weighted by Crippen LogP contribution is 2.47. The average molecular weight is 293 g/mol. The highest BCUT2D eigenvalue weighted by molar-refractivity contribution is 5.65. The lowest BCUT2D eigenvalue weighted by molar-refractivity contribution is -0.214. The van der Waals surface area contributed by atoms with Crippen LogP contribution in [0, 0.1) is 0 Å². The van der Waals surface area contributed by atoms with Crippen molar-refractivity contribution in [3.05, 3.63) is 24.0 Å². The lowest BCUT2D eigenvalue weighted by atomic mass is 9.84. The molecule has 1 saturated carbocycles. The first-order chi connectivity index (χ1) is 10.0. The average Bonchev–Trinajstić information content (AvgIpc) is 2.81. The van der Waals surface area contributed by atoms with Crippen molar-refractivity contribution in [3.63, 3.8) is 0 Å². The van der Waals surface area contributed by atoms with E-state index < -0.39 is 17.8 Å². The largest absolute Gasteiger partial charge is 0.443 e. The van der Waals surface area contributed by atoms with Crippen LogP contribution in [0.1, 0.15) is 37.4 Å². The number of nitrogen functional groups attached to an aromatic ring is 1. The number of aliphatic hydroxyl groups is 1. The number of aromatic nitrogens is 1. The summed E-state index contributed by atoms with van der Waals surface area (Å²) in [5, 5.41) is 10.8. The van der Waals surface area contributed by atoms with E-state index in [2.05, 4.69) is 4.98 Å². The zero-order chi connectivity index (χ0) is 15.0. The molecule has 7 nitrogen and oxygen atoms in total. The van der Waals surface area contributed by atoms with Gasteiger partial charge in [0, 0.05) is 18.2 Å². The lowest BCUT2D eigenvalue weighted by Crippen LogP contribution is -2.56. The van der Waals surface area contributed by atoms with Crippen molar-refractivity contribution >= 4 is 11.8 Å². The van der Waals surface area contributed by atoms with Crippen molar-refractivity contribution in [2.24, 2.45) is 5.73 Å². The van der Waals surface area contributed by atoms with E-state index >= 15 is 0 Å². The molecule has 2 aliphatic rings. The van der Waals surface area contributed by atoms with Gasteiger partial charge in [-0.25, -0.2) is 4.79 Å². The SMILES string of the molecule is NC(=O)O[C@@H]1C[C@H](c2ccncc2N)O[C@@H]2CCC[C@@]12O. The number of nitrogens with two attached hydrogens (primary N) is 2. The maximum absolute atomic E-state index is 11.1. The Balaban J connectivity index is 1.89.